The molecule has 0 radical (unpaired) electrons. The fourth-order valence-electron chi connectivity index (χ4n) is 2.24. The maximum Gasteiger partial charge on any atom is 0.262 e. The summed E-state index contributed by atoms with van der Waals surface area (Å²) in [6.07, 6.45) is 1.91. The van der Waals surface area contributed by atoms with Crippen molar-refractivity contribution in [1.29, 1.82) is 0 Å². The number of rotatable bonds is 2. The molecule has 4 aromatic rings. The van der Waals surface area contributed by atoms with E-state index < -0.39 is 0 Å². The molecule has 0 aliphatic carbocycles. The molecule has 0 amide bonds. The zero-order chi connectivity index (χ0) is 14.2. The Hall–Kier alpha value is -3.02. The van der Waals surface area contributed by atoms with Crippen molar-refractivity contribution in [1.82, 2.24) is 24.7 Å². The van der Waals surface area contributed by atoms with Crippen molar-refractivity contribution in [2.45, 2.75) is 6.92 Å². The SMILES string of the molecule is Cc1nnc2c(-c3nc(-c4ccccc4)no3)cccn12. The zero-order valence-electron chi connectivity index (χ0n) is 11.3. The lowest BCUT2D eigenvalue weighted by molar-refractivity contribution is 0.432. The first-order chi connectivity index (χ1) is 10.3. The van der Waals surface area contributed by atoms with E-state index in [0.29, 0.717) is 17.4 Å². The van der Waals surface area contributed by atoms with Gasteiger partial charge in [-0.3, -0.25) is 4.40 Å². The summed E-state index contributed by atoms with van der Waals surface area (Å²) in [5.74, 6) is 1.81. The highest BCUT2D eigenvalue weighted by Crippen LogP contribution is 2.24. The quantitative estimate of drug-likeness (QED) is 0.563. The van der Waals surface area contributed by atoms with Gasteiger partial charge in [0, 0.05) is 11.8 Å². The summed E-state index contributed by atoms with van der Waals surface area (Å²) in [6, 6.07) is 13.5. The average molecular weight is 277 g/mol. The summed E-state index contributed by atoms with van der Waals surface area (Å²) >= 11 is 0. The lowest BCUT2D eigenvalue weighted by atomic mass is 10.2. The molecule has 0 aliphatic rings. The van der Waals surface area contributed by atoms with E-state index in [4.69, 9.17) is 4.52 Å². The Morgan fingerprint density at radius 3 is 2.71 bits per heavy atom. The van der Waals surface area contributed by atoms with Gasteiger partial charge in [0.05, 0.1) is 5.56 Å². The van der Waals surface area contributed by atoms with Crippen molar-refractivity contribution in [3.05, 3.63) is 54.5 Å². The van der Waals surface area contributed by atoms with Gasteiger partial charge in [-0.25, -0.2) is 0 Å². The summed E-state index contributed by atoms with van der Waals surface area (Å²) in [5, 5.41) is 12.3. The molecule has 0 bridgehead atoms. The molecule has 3 heterocycles. The second kappa shape index (κ2) is 4.52. The molecule has 0 unspecified atom stereocenters. The second-order valence-corrected chi connectivity index (χ2v) is 4.65. The molecule has 4 rings (SSSR count). The van der Waals surface area contributed by atoms with Crippen LogP contribution in [0.3, 0.4) is 0 Å². The highest BCUT2D eigenvalue weighted by atomic mass is 16.5. The van der Waals surface area contributed by atoms with Crippen LogP contribution in [-0.2, 0) is 0 Å². The standard InChI is InChI=1S/C15H11N5O/c1-10-17-18-14-12(8-5-9-20(10)14)15-16-13(19-21-15)11-6-3-2-4-7-11/h2-9H,1H3. The molecule has 0 fully saturated rings. The van der Waals surface area contributed by atoms with Gasteiger partial charge in [0.1, 0.15) is 5.82 Å². The largest absolute Gasteiger partial charge is 0.333 e. The Balaban J connectivity index is 1.85. The molecule has 0 aliphatic heterocycles. The molecule has 1 aromatic carbocycles. The summed E-state index contributed by atoms with van der Waals surface area (Å²) in [6.45, 7) is 1.90. The van der Waals surface area contributed by atoms with E-state index in [1.54, 1.807) is 0 Å². The molecule has 21 heavy (non-hydrogen) atoms. The van der Waals surface area contributed by atoms with Crippen molar-refractivity contribution in [3.8, 4) is 22.8 Å². The van der Waals surface area contributed by atoms with E-state index in [-0.39, 0.29) is 0 Å². The number of aryl methyl sites for hydroxylation is 1. The molecule has 3 aromatic heterocycles. The Morgan fingerprint density at radius 2 is 1.86 bits per heavy atom. The summed E-state index contributed by atoms with van der Waals surface area (Å²) in [4.78, 5) is 4.45. The van der Waals surface area contributed by atoms with E-state index in [1.165, 1.54) is 0 Å². The summed E-state index contributed by atoms with van der Waals surface area (Å²) in [5.41, 5.74) is 2.39. The summed E-state index contributed by atoms with van der Waals surface area (Å²) in [7, 11) is 0. The van der Waals surface area contributed by atoms with Crippen LogP contribution < -0.4 is 0 Å². The molecule has 0 spiro atoms. The second-order valence-electron chi connectivity index (χ2n) is 4.65. The Kier molecular flexibility index (Phi) is 2.53. The molecule has 0 atom stereocenters. The van der Waals surface area contributed by atoms with Gasteiger partial charge in [0.25, 0.3) is 5.89 Å². The average Bonchev–Trinajstić information content (AvgIpc) is 3.16. The van der Waals surface area contributed by atoms with Gasteiger partial charge in [0.15, 0.2) is 5.65 Å². The molecular formula is C15H11N5O. The van der Waals surface area contributed by atoms with Crippen LogP contribution in [0.25, 0.3) is 28.5 Å². The van der Waals surface area contributed by atoms with Crippen LogP contribution >= 0.6 is 0 Å². The van der Waals surface area contributed by atoms with Crippen LogP contribution in [0.2, 0.25) is 0 Å². The van der Waals surface area contributed by atoms with Crippen molar-refractivity contribution in [2.75, 3.05) is 0 Å². The van der Waals surface area contributed by atoms with Gasteiger partial charge >= 0.3 is 0 Å². The number of hydrogen-bond acceptors (Lipinski definition) is 5. The van der Waals surface area contributed by atoms with E-state index in [2.05, 4.69) is 20.3 Å². The van der Waals surface area contributed by atoms with Crippen LogP contribution in [0.4, 0.5) is 0 Å². The van der Waals surface area contributed by atoms with E-state index in [1.807, 2.05) is 60.0 Å². The van der Waals surface area contributed by atoms with E-state index >= 15 is 0 Å². The maximum absolute atomic E-state index is 5.38. The maximum atomic E-state index is 5.38. The fourth-order valence-corrected chi connectivity index (χ4v) is 2.24. The number of nitrogens with zero attached hydrogens (tertiary/aromatic N) is 5. The molecule has 6 nitrogen and oxygen atoms in total. The predicted octanol–water partition coefficient (Wildman–Crippen LogP) is 2.75. The lowest BCUT2D eigenvalue weighted by Crippen LogP contribution is -1.90. The molecule has 6 heteroatoms. The van der Waals surface area contributed by atoms with Gasteiger partial charge in [-0.2, -0.15) is 4.98 Å². The number of hydrogen-bond donors (Lipinski definition) is 0. The third-order valence-corrected chi connectivity index (χ3v) is 3.29. The number of benzene rings is 1. The van der Waals surface area contributed by atoms with Crippen LogP contribution in [0.1, 0.15) is 5.82 Å². The van der Waals surface area contributed by atoms with Crippen molar-refractivity contribution in [2.24, 2.45) is 0 Å². The van der Waals surface area contributed by atoms with Gasteiger partial charge < -0.3 is 4.52 Å². The summed E-state index contributed by atoms with van der Waals surface area (Å²) < 4.78 is 7.27. The Labute approximate surface area is 120 Å². The highest BCUT2D eigenvalue weighted by molar-refractivity contribution is 5.72. The van der Waals surface area contributed by atoms with Gasteiger partial charge in [-0.15, -0.1) is 10.2 Å². The first kappa shape index (κ1) is 11.8. The van der Waals surface area contributed by atoms with Crippen LogP contribution in [0.15, 0.2) is 53.2 Å². The molecule has 0 saturated heterocycles. The number of aromatic nitrogens is 5. The predicted molar refractivity (Wildman–Crippen MR) is 76.5 cm³/mol. The smallest absolute Gasteiger partial charge is 0.262 e. The molecular weight excluding hydrogens is 266 g/mol. The first-order valence-corrected chi connectivity index (χ1v) is 6.53. The third kappa shape index (κ3) is 1.88. The fraction of sp³-hybridized carbons (Fsp3) is 0.0667. The van der Waals surface area contributed by atoms with Gasteiger partial charge in [-0.1, -0.05) is 35.5 Å². The van der Waals surface area contributed by atoms with Crippen molar-refractivity contribution < 1.29 is 4.52 Å². The minimum atomic E-state index is 0.437. The zero-order valence-corrected chi connectivity index (χ0v) is 11.3. The van der Waals surface area contributed by atoms with Crippen molar-refractivity contribution >= 4 is 5.65 Å². The normalized spacial score (nSPS) is 11.1. The van der Waals surface area contributed by atoms with Crippen LogP contribution in [0.5, 0.6) is 0 Å². The minimum absolute atomic E-state index is 0.437. The monoisotopic (exact) mass is 277 g/mol. The minimum Gasteiger partial charge on any atom is -0.333 e. The Morgan fingerprint density at radius 1 is 1.00 bits per heavy atom. The van der Waals surface area contributed by atoms with Crippen LogP contribution in [0, 0.1) is 6.92 Å². The van der Waals surface area contributed by atoms with Crippen molar-refractivity contribution in [3.63, 3.8) is 0 Å². The molecule has 0 saturated carbocycles. The highest BCUT2D eigenvalue weighted by Gasteiger charge is 2.15. The number of fused-ring (bicyclic) bond motifs is 1. The van der Waals surface area contributed by atoms with E-state index in [0.717, 1.165) is 17.0 Å². The molecule has 102 valence electrons. The van der Waals surface area contributed by atoms with Gasteiger partial charge in [0.2, 0.25) is 5.82 Å². The number of pyridine rings is 1. The van der Waals surface area contributed by atoms with Gasteiger partial charge in [-0.05, 0) is 19.1 Å². The first-order valence-electron chi connectivity index (χ1n) is 6.53. The Bertz CT molecular complexity index is 910. The molecule has 0 N–H and O–H groups in total. The third-order valence-electron chi connectivity index (χ3n) is 3.29. The topological polar surface area (TPSA) is 69.1 Å². The van der Waals surface area contributed by atoms with E-state index in [9.17, 15) is 0 Å². The van der Waals surface area contributed by atoms with Crippen LogP contribution in [-0.4, -0.2) is 24.7 Å². The lowest BCUT2D eigenvalue weighted by Gasteiger charge is -1.97.